The minimum absolute atomic E-state index is 0.0728. The molecule has 3 rings (SSSR count). The van der Waals surface area contributed by atoms with Crippen LogP contribution in [0.3, 0.4) is 0 Å². The molecule has 0 spiro atoms. The van der Waals surface area contributed by atoms with Crippen molar-refractivity contribution in [2.24, 2.45) is 0 Å². The number of aliphatic carboxylic acids is 1. The van der Waals surface area contributed by atoms with Crippen LogP contribution < -0.4 is 0 Å². The van der Waals surface area contributed by atoms with Crippen LogP contribution in [0.2, 0.25) is 0 Å². The van der Waals surface area contributed by atoms with Crippen LogP contribution in [0.1, 0.15) is 10.4 Å². The quantitative estimate of drug-likeness (QED) is 0.846. The third-order valence-electron chi connectivity index (χ3n) is 3.35. The van der Waals surface area contributed by atoms with Gasteiger partial charge in [-0.25, -0.2) is 14.2 Å². The average molecular weight is 293 g/mol. The third-order valence-corrected chi connectivity index (χ3v) is 3.35. The molecule has 0 radical (unpaired) electrons. The van der Waals surface area contributed by atoms with Crippen LogP contribution in [-0.4, -0.2) is 57.7 Å². The normalized spacial score (nSPS) is 18.9. The Hall–Kier alpha value is -2.48. The first-order valence-corrected chi connectivity index (χ1v) is 6.32. The molecule has 1 amide bonds. The molecule has 1 aliphatic rings. The summed E-state index contributed by atoms with van der Waals surface area (Å²) < 4.78 is 18.6. The Labute approximate surface area is 118 Å². The van der Waals surface area contributed by atoms with E-state index in [0.717, 1.165) is 6.07 Å². The van der Waals surface area contributed by atoms with Gasteiger partial charge < -0.3 is 19.7 Å². The lowest BCUT2D eigenvalue weighted by atomic mass is 10.1. The van der Waals surface area contributed by atoms with Crippen molar-refractivity contribution in [1.29, 1.82) is 0 Å². The van der Waals surface area contributed by atoms with Crippen molar-refractivity contribution in [1.82, 2.24) is 14.9 Å². The van der Waals surface area contributed by atoms with Crippen molar-refractivity contribution < 1.29 is 23.8 Å². The number of halogens is 1. The fourth-order valence-electron chi connectivity index (χ4n) is 2.33. The molecule has 1 aromatic heterocycles. The number of morpholine rings is 1. The Bertz CT molecular complexity index is 715. The molecular weight excluding hydrogens is 281 g/mol. The van der Waals surface area contributed by atoms with Gasteiger partial charge in [-0.1, -0.05) is 0 Å². The number of ether oxygens (including phenoxy) is 1. The molecule has 1 aromatic carbocycles. The van der Waals surface area contributed by atoms with E-state index < -0.39 is 23.8 Å². The van der Waals surface area contributed by atoms with Crippen LogP contribution in [0.25, 0.3) is 11.0 Å². The number of aromatic amines is 1. The number of aromatic nitrogens is 2. The van der Waals surface area contributed by atoms with Gasteiger partial charge in [-0.15, -0.1) is 0 Å². The third kappa shape index (κ3) is 2.45. The van der Waals surface area contributed by atoms with Crippen LogP contribution in [0, 0.1) is 5.82 Å². The highest BCUT2D eigenvalue weighted by Gasteiger charge is 2.30. The molecule has 0 unspecified atom stereocenters. The molecule has 8 heteroatoms. The van der Waals surface area contributed by atoms with Gasteiger partial charge in [-0.2, -0.15) is 0 Å². The fourth-order valence-corrected chi connectivity index (χ4v) is 2.33. The number of carboxylic acids is 1. The second kappa shape index (κ2) is 5.13. The van der Waals surface area contributed by atoms with Crippen molar-refractivity contribution in [3.05, 3.63) is 29.8 Å². The molecule has 2 heterocycles. The minimum Gasteiger partial charge on any atom is -0.479 e. The molecule has 1 saturated heterocycles. The maximum Gasteiger partial charge on any atom is 0.334 e. The van der Waals surface area contributed by atoms with Crippen LogP contribution in [0.4, 0.5) is 4.39 Å². The van der Waals surface area contributed by atoms with E-state index in [1.54, 1.807) is 0 Å². The van der Waals surface area contributed by atoms with Crippen molar-refractivity contribution >= 4 is 22.9 Å². The lowest BCUT2D eigenvalue weighted by Crippen LogP contribution is -2.48. The molecule has 0 aliphatic carbocycles. The number of nitrogens with zero attached hydrogens (tertiary/aromatic N) is 2. The first-order valence-electron chi connectivity index (χ1n) is 6.32. The molecule has 0 bridgehead atoms. The van der Waals surface area contributed by atoms with Crippen LogP contribution in [0.5, 0.6) is 0 Å². The number of amides is 1. The first-order chi connectivity index (χ1) is 10.1. The molecule has 1 atom stereocenters. The number of carboxylic acid groups (broad SMARTS) is 1. The molecule has 1 aliphatic heterocycles. The Morgan fingerprint density at radius 1 is 1.48 bits per heavy atom. The second-order valence-corrected chi connectivity index (χ2v) is 4.70. The number of benzene rings is 1. The van der Waals surface area contributed by atoms with Gasteiger partial charge in [0.15, 0.2) is 6.10 Å². The lowest BCUT2D eigenvalue weighted by molar-refractivity contribution is -0.154. The summed E-state index contributed by atoms with van der Waals surface area (Å²) in [5, 5.41) is 8.95. The summed E-state index contributed by atoms with van der Waals surface area (Å²) in [4.78, 5) is 31.5. The van der Waals surface area contributed by atoms with Gasteiger partial charge in [0, 0.05) is 6.54 Å². The van der Waals surface area contributed by atoms with E-state index in [-0.39, 0.29) is 25.3 Å². The molecule has 2 N–H and O–H groups in total. The Morgan fingerprint density at radius 2 is 2.29 bits per heavy atom. The van der Waals surface area contributed by atoms with E-state index >= 15 is 0 Å². The largest absolute Gasteiger partial charge is 0.479 e. The number of H-pyrrole nitrogens is 1. The SMILES string of the molecule is O=C(O)[C@@H]1CN(C(=O)c2cc(F)cc3[nH]cnc23)CCO1. The highest BCUT2D eigenvalue weighted by Crippen LogP contribution is 2.20. The number of carbonyl (C=O) groups is 2. The summed E-state index contributed by atoms with van der Waals surface area (Å²) >= 11 is 0. The van der Waals surface area contributed by atoms with Gasteiger partial charge in [-0.3, -0.25) is 4.79 Å². The number of carbonyl (C=O) groups excluding carboxylic acids is 1. The van der Waals surface area contributed by atoms with Gasteiger partial charge in [-0.05, 0) is 12.1 Å². The predicted octanol–water partition coefficient (Wildman–Crippen LogP) is 0.628. The summed E-state index contributed by atoms with van der Waals surface area (Å²) in [6.45, 7) is 0.309. The Morgan fingerprint density at radius 3 is 3.05 bits per heavy atom. The van der Waals surface area contributed by atoms with E-state index in [0.29, 0.717) is 11.0 Å². The molecule has 110 valence electrons. The first kappa shape index (κ1) is 13.5. The molecule has 21 heavy (non-hydrogen) atoms. The lowest BCUT2D eigenvalue weighted by Gasteiger charge is -2.30. The van der Waals surface area contributed by atoms with Gasteiger partial charge in [0.25, 0.3) is 5.91 Å². The highest BCUT2D eigenvalue weighted by molar-refractivity contribution is 6.05. The highest BCUT2D eigenvalue weighted by atomic mass is 19.1. The number of rotatable bonds is 2. The van der Waals surface area contributed by atoms with E-state index in [4.69, 9.17) is 9.84 Å². The molecule has 0 saturated carbocycles. The van der Waals surface area contributed by atoms with Gasteiger partial charge >= 0.3 is 5.97 Å². The number of fused-ring (bicyclic) bond motifs is 1. The van der Waals surface area contributed by atoms with Crippen LogP contribution >= 0.6 is 0 Å². The van der Waals surface area contributed by atoms with Gasteiger partial charge in [0.05, 0.1) is 30.6 Å². The summed E-state index contributed by atoms with van der Waals surface area (Å²) in [5.41, 5.74) is 0.887. The fraction of sp³-hybridized carbons (Fsp3) is 0.308. The van der Waals surface area contributed by atoms with Gasteiger partial charge in [0.1, 0.15) is 11.3 Å². The predicted molar refractivity (Wildman–Crippen MR) is 69.3 cm³/mol. The van der Waals surface area contributed by atoms with Gasteiger partial charge in [0.2, 0.25) is 0 Å². The Balaban J connectivity index is 1.93. The standard InChI is InChI=1S/C13H12FN3O4/c14-7-3-8(11-9(4-7)15-6-16-11)12(18)17-1-2-21-10(5-17)13(19)20/h3-4,6,10H,1-2,5H2,(H,15,16)(H,19,20)/t10-/m0/s1. The zero-order chi connectivity index (χ0) is 15.0. The van der Waals surface area contributed by atoms with Crippen molar-refractivity contribution in [3.8, 4) is 0 Å². The number of nitrogens with one attached hydrogen (secondary N) is 1. The monoisotopic (exact) mass is 293 g/mol. The smallest absolute Gasteiger partial charge is 0.334 e. The van der Waals surface area contributed by atoms with Crippen LogP contribution in [-0.2, 0) is 9.53 Å². The zero-order valence-electron chi connectivity index (χ0n) is 10.9. The van der Waals surface area contributed by atoms with E-state index in [2.05, 4.69) is 9.97 Å². The molecule has 7 nitrogen and oxygen atoms in total. The average Bonchev–Trinajstić information content (AvgIpc) is 2.93. The molecule has 2 aromatic rings. The number of imidazole rings is 1. The van der Waals surface area contributed by atoms with Crippen molar-refractivity contribution in [2.45, 2.75) is 6.10 Å². The van der Waals surface area contributed by atoms with E-state index in [1.165, 1.54) is 17.3 Å². The summed E-state index contributed by atoms with van der Waals surface area (Å²) in [5.74, 6) is -2.14. The van der Waals surface area contributed by atoms with Crippen molar-refractivity contribution in [2.75, 3.05) is 19.7 Å². The Kier molecular flexibility index (Phi) is 3.30. The topological polar surface area (TPSA) is 95.5 Å². The molecule has 1 fully saturated rings. The van der Waals surface area contributed by atoms with E-state index in [9.17, 15) is 14.0 Å². The zero-order valence-corrected chi connectivity index (χ0v) is 10.9. The molecular formula is C13H12FN3O4. The second-order valence-electron chi connectivity index (χ2n) is 4.70. The maximum absolute atomic E-state index is 13.6. The summed E-state index contributed by atoms with van der Waals surface area (Å²) in [7, 11) is 0. The minimum atomic E-state index is -1.13. The van der Waals surface area contributed by atoms with Crippen LogP contribution in [0.15, 0.2) is 18.5 Å². The van der Waals surface area contributed by atoms with E-state index in [1.807, 2.05) is 0 Å². The number of hydrogen-bond donors (Lipinski definition) is 2. The number of hydrogen-bond acceptors (Lipinski definition) is 4. The summed E-state index contributed by atoms with van der Waals surface area (Å²) in [6, 6.07) is 2.36. The summed E-state index contributed by atoms with van der Waals surface area (Å²) in [6.07, 6.45) is 0.311. The maximum atomic E-state index is 13.6. The van der Waals surface area contributed by atoms with Crippen molar-refractivity contribution in [3.63, 3.8) is 0 Å².